The summed E-state index contributed by atoms with van der Waals surface area (Å²) in [5, 5.41) is 3.89. The van der Waals surface area contributed by atoms with Crippen molar-refractivity contribution in [1.29, 1.82) is 0 Å². The summed E-state index contributed by atoms with van der Waals surface area (Å²) in [6, 6.07) is 0.547. The Labute approximate surface area is 115 Å². The van der Waals surface area contributed by atoms with Crippen LogP contribution in [0.2, 0.25) is 5.15 Å². The molecule has 5 heteroatoms. The van der Waals surface area contributed by atoms with Crippen molar-refractivity contribution in [3.05, 3.63) is 17.0 Å². The predicted molar refractivity (Wildman–Crippen MR) is 77.4 cm³/mol. The summed E-state index contributed by atoms with van der Waals surface area (Å²) >= 11 is 6.11. The molecule has 1 N–H and O–H groups in total. The first-order chi connectivity index (χ1) is 8.43. The molecule has 0 saturated carbocycles. The highest BCUT2D eigenvalue weighted by molar-refractivity contribution is 6.30. The van der Waals surface area contributed by atoms with Crippen LogP contribution in [0.1, 0.15) is 39.2 Å². The summed E-state index contributed by atoms with van der Waals surface area (Å²) in [4.78, 5) is 10.6. The number of aromatic nitrogens is 2. The largest absolute Gasteiger partial charge is 0.368 e. The van der Waals surface area contributed by atoms with Gasteiger partial charge in [-0.1, -0.05) is 25.4 Å². The molecule has 1 rings (SSSR count). The lowest BCUT2D eigenvalue weighted by Gasteiger charge is -2.22. The molecule has 0 aromatic carbocycles. The summed E-state index contributed by atoms with van der Waals surface area (Å²) in [6.07, 6.45) is 1.50. The van der Waals surface area contributed by atoms with Crippen LogP contribution in [0.5, 0.6) is 0 Å². The maximum absolute atomic E-state index is 6.11. The maximum atomic E-state index is 6.11. The zero-order valence-electron chi connectivity index (χ0n) is 11.9. The van der Waals surface area contributed by atoms with E-state index in [9.17, 15) is 0 Å². The van der Waals surface area contributed by atoms with Gasteiger partial charge in [0.25, 0.3) is 0 Å². The third-order valence-electron chi connectivity index (χ3n) is 3.05. The highest BCUT2D eigenvalue weighted by Crippen LogP contribution is 2.27. The fourth-order valence-corrected chi connectivity index (χ4v) is 1.99. The van der Waals surface area contributed by atoms with E-state index in [0.717, 1.165) is 24.5 Å². The van der Waals surface area contributed by atoms with Crippen LogP contribution < -0.4 is 5.32 Å². The van der Waals surface area contributed by atoms with Gasteiger partial charge in [0.15, 0.2) is 0 Å². The molecule has 1 aromatic rings. The Morgan fingerprint density at radius 3 is 2.50 bits per heavy atom. The van der Waals surface area contributed by atoms with E-state index in [4.69, 9.17) is 11.6 Å². The molecule has 102 valence electrons. The molecule has 0 radical (unpaired) electrons. The van der Waals surface area contributed by atoms with Gasteiger partial charge in [0.2, 0.25) is 0 Å². The van der Waals surface area contributed by atoms with Gasteiger partial charge < -0.3 is 10.2 Å². The minimum atomic E-state index is 0.309. The van der Waals surface area contributed by atoms with E-state index in [1.165, 1.54) is 6.33 Å². The number of hydrogen-bond donors (Lipinski definition) is 1. The van der Waals surface area contributed by atoms with E-state index >= 15 is 0 Å². The van der Waals surface area contributed by atoms with Crippen molar-refractivity contribution in [2.45, 2.75) is 39.7 Å². The average Bonchev–Trinajstić information content (AvgIpc) is 2.28. The van der Waals surface area contributed by atoms with E-state index < -0.39 is 0 Å². The van der Waals surface area contributed by atoms with Crippen molar-refractivity contribution in [2.75, 3.05) is 25.5 Å². The van der Waals surface area contributed by atoms with E-state index in [1.807, 2.05) is 0 Å². The van der Waals surface area contributed by atoms with E-state index in [-0.39, 0.29) is 0 Å². The van der Waals surface area contributed by atoms with Crippen molar-refractivity contribution in [1.82, 2.24) is 14.9 Å². The lowest BCUT2D eigenvalue weighted by atomic mass is 10.1. The molecule has 0 amide bonds. The quantitative estimate of drug-likeness (QED) is 0.807. The van der Waals surface area contributed by atoms with Gasteiger partial charge in [-0.2, -0.15) is 0 Å². The van der Waals surface area contributed by atoms with Crippen molar-refractivity contribution >= 4 is 17.4 Å². The zero-order chi connectivity index (χ0) is 13.7. The van der Waals surface area contributed by atoms with Crippen LogP contribution in [0.15, 0.2) is 6.33 Å². The molecule has 1 aromatic heterocycles. The number of anilines is 1. The standard InChI is InChI=1S/C13H23ClN4/c1-9(2)11-12(14)16-8-17-13(11)15-6-7-18(5)10(3)4/h8-10H,6-7H2,1-5H3,(H,15,16,17). The molecule has 18 heavy (non-hydrogen) atoms. The molecule has 4 nitrogen and oxygen atoms in total. The Kier molecular flexibility index (Phi) is 5.82. The average molecular weight is 271 g/mol. The summed E-state index contributed by atoms with van der Waals surface area (Å²) in [5.74, 6) is 1.16. The minimum absolute atomic E-state index is 0.309. The van der Waals surface area contributed by atoms with E-state index in [0.29, 0.717) is 17.1 Å². The first-order valence-electron chi connectivity index (χ1n) is 6.38. The van der Waals surface area contributed by atoms with Crippen LogP contribution in [-0.2, 0) is 0 Å². The highest BCUT2D eigenvalue weighted by atomic mass is 35.5. The van der Waals surface area contributed by atoms with Crippen LogP contribution >= 0.6 is 11.6 Å². The van der Waals surface area contributed by atoms with Crippen LogP contribution in [0.4, 0.5) is 5.82 Å². The molecule has 0 unspecified atom stereocenters. The third kappa shape index (κ3) is 4.10. The topological polar surface area (TPSA) is 41.1 Å². The Morgan fingerprint density at radius 1 is 1.28 bits per heavy atom. The Hall–Kier alpha value is -0.870. The molecule has 1 heterocycles. The summed E-state index contributed by atoms with van der Waals surface area (Å²) in [7, 11) is 2.11. The monoisotopic (exact) mass is 270 g/mol. The van der Waals surface area contributed by atoms with Crippen molar-refractivity contribution in [2.24, 2.45) is 0 Å². The smallest absolute Gasteiger partial charge is 0.138 e. The van der Waals surface area contributed by atoms with Gasteiger partial charge in [-0.3, -0.25) is 0 Å². The van der Waals surface area contributed by atoms with Crippen molar-refractivity contribution < 1.29 is 0 Å². The Bertz CT molecular complexity index is 379. The van der Waals surface area contributed by atoms with E-state index in [2.05, 4.69) is 54.9 Å². The first kappa shape index (κ1) is 15.2. The van der Waals surface area contributed by atoms with Gasteiger partial charge in [0.05, 0.1) is 0 Å². The molecular formula is C13H23ClN4. The third-order valence-corrected chi connectivity index (χ3v) is 3.35. The van der Waals surface area contributed by atoms with Gasteiger partial charge in [0.1, 0.15) is 17.3 Å². The molecular weight excluding hydrogens is 248 g/mol. The second-order valence-corrected chi connectivity index (χ2v) is 5.44. The van der Waals surface area contributed by atoms with Crippen LogP contribution in [-0.4, -0.2) is 41.0 Å². The SMILES string of the molecule is CC(C)c1c(Cl)ncnc1NCCN(C)C(C)C. The molecule has 0 aliphatic carbocycles. The predicted octanol–water partition coefficient (Wildman–Crippen LogP) is 3.01. The lowest BCUT2D eigenvalue weighted by Crippen LogP contribution is -2.31. The molecule has 0 bridgehead atoms. The van der Waals surface area contributed by atoms with Gasteiger partial charge in [-0.15, -0.1) is 0 Å². The number of rotatable bonds is 6. The minimum Gasteiger partial charge on any atom is -0.368 e. The molecule has 0 atom stereocenters. The highest BCUT2D eigenvalue weighted by Gasteiger charge is 2.13. The normalized spacial score (nSPS) is 11.6. The maximum Gasteiger partial charge on any atom is 0.138 e. The summed E-state index contributed by atoms with van der Waals surface area (Å²) in [6.45, 7) is 10.4. The van der Waals surface area contributed by atoms with Gasteiger partial charge in [-0.25, -0.2) is 9.97 Å². The molecule has 0 fully saturated rings. The van der Waals surface area contributed by atoms with Crippen molar-refractivity contribution in [3.8, 4) is 0 Å². The number of hydrogen-bond acceptors (Lipinski definition) is 4. The number of nitrogens with one attached hydrogen (secondary N) is 1. The molecule has 0 aliphatic rings. The Morgan fingerprint density at radius 2 is 1.94 bits per heavy atom. The van der Waals surface area contributed by atoms with Crippen LogP contribution in [0.3, 0.4) is 0 Å². The van der Waals surface area contributed by atoms with Gasteiger partial charge >= 0.3 is 0 Å². The lowest BCUT2D eigenvalue weighted by molar-refractivity contribution is 0.284. The fourth-order valence-electron chi connectivity index (χ4n) is 1.64. The second kappa shape index (κ2) is 6.90. The molecule has 0 aliphatic heterocycles. The van der Waals surface area contributed by atoms with Crippen molar-refractivity contribution in [3.63, 3.8) is 0 Å². The second-order valence-electron chi connectivity index (χ2n) is 5.08. The number of nitrogens with zero attached hydrogens (tertiary/aromatic N) is 3. The molecule has 0 spiro atoms. The van der Waals surface area contributed by atoms with E-state index in [1.54, 1.807) is 0 Å². The molecule has 0 saturated heterocycles. The fraction of sp³-hybridized carbons (Fsp3) is 0.692. The van der Waals surface area contributed by atoms with Crippen LogP contribution in [0.25, 0.3) is 0 Å². The van der Waals surface area contributed by atoms with Gasteiger partial charge in [0, 0.05) is 24.7 Å². The summed E-state index contributed by atoms with van der Waals surface area (Å²) in [5.41, 5.74) is 0.992. The Balaban J connectivity index is 2.65. The summed E-state index contributed by atoms with van der Waals surface area (Å²) < 4.78 is 0. The van der Waals surface area contributed by atoms with Crippen LogP contribution in [0, 0.1) is 0 Å². The first-order valence-corrected chi connectivity index (χ1v) is 6.75. The van der Waals surface area contributed by atoms with Gasteiger partial charge in [-0.05, 0) is 26.8 Å². The zero-order valence-corrected chi connectivity index (χ0v) is 12.6. The number of halogens is 1. The number of likely N-dealkylation sites (N-methyl/N-ethyl adjacent to an activating group) is 1.